The molecule has 2 aromatic heterocycles. The van der Waals surface area contributed by atoms with Crippen molar-refractivity contribution in [1.82, 2.24) is 19.7 Å². The molecule has 0 aliphatic carbocycles. The molecule has 0 saturated carbocycles. The fourth-order valence-electron chi connectivity index (χ4n) is 1.34. The molecular weight excluding hydrogens is 270 g/mol. The monoisotopic (exact) mass is 281 g/mol. The minimum Gasteiger partial charge on any atom is -0.383 e. The van der Waals surface area contributed by atoms with Gasteiger partial charge in [-0.05, 0) is 27.9 Å². The van der Waals surface area contributed by atoms with E-state index in [0.29, 0.717) is 11.8 Å². The number of aromatic nitrogens is 4. The van der Waals surface area contributed by atoms with E-state index >= 15 is 0 Å². The number of nitrogen functional groups attached to an aromatic ring is 1. The first-order valence-corrected chi connectivity index (χ1v) is 5.72. The number of nitrogens with zero attached hydrogens (tertiary/aromatic N) is 4. The summed E-state index contributed by atoms with van der Waals surface area (Å²) < 4.78 is 2.35. The van der Waals surface area contributed by atoms with Crippen molar-refractivity contribution >= 4 is 21.7 Å². The quantitative estimate of drug-likeness (QED) is 0.916. The molecule has 2 rings (SSSR count). The lowest BCUT2D eigenvalue weighted by atomic mass is 10.1. The molecule has 0 radical (unpaired) electrons. The summed E-state index contributed by atoms with van der Waals surface area (Å²) in [6.45, 7) is 4.11. The van der Waals surface area contributed by atoms with E-state index in [1.54, 1.807) is 17.1 Å². The minimum atomic E-state index is 0.272. The van der Waals surface area contributed by atoms with Gasteiger partial charge >= 0.3 is 0 Å². The molecule has 6 heteroatoms. The molecule has 0 fully saturated rings. The Morgan fingerprint density at radius 1 is 1.38 bits per heavy atom. The zero-order chi connectivity index (χ0) is 11.7. The Balaban J connectivity index is 2.57. The van der Waals surface area contributed by atoms with Crippen molar-refractivity contribution < 1.29 is 0 Å². The van der Waals surface area contributed by atoms with Crippen molar-refractivity contribution in [2.24, 2.45) is 0 Å². The molecule has 0 aromatic carbocycles. The highest BCUT2D eigenvalue weighted by atomic mass is 79.9. The van der Waals surface area contributed by atoms with E-state index in [0.717, 1.165) is 10.2 Å². The van der Waals surface area contributed by atoms with Crippen LogP contribution in [0.2, 0.25) is 0 Å². The van der Waals surface area contributed by atoms with Gasteiger partial charge in [-0.1, -0.05) is 13.8 Å². The first-order chi connectivity index (χ1) is 7.59. The molecule has 16 heavy (non-hydrogen) atoms. The number of hydrogen-bond donors (Lipinski definition) is 1. The molecule has 5 nitrogen and oxygen atoms in total. The second-order valence-corrected chi connectivity index (χ2v) is 4.51. The standard InChI is InChI=1S/C10H12BrN5/c1-6(2)8-7(11)9(12)15-10(14-8)16-5-3-4-13-16/h3-6H,1-2H3,(H2,12,14,15). The Labute approximate surface area is 102 Å². The van der Waals surface area contributed by atoms with Crippen LogP contribution in [0.15, 0.2) is 22.9 Å². The second kappa shape index (κ2) is 4.21. The van der Waals surface area contributed by atoms with Gasteiger partial charge in [0.05, 0.1) is 10.2 Å². The number of nitrogens with two attached hydrogens (primary N) is 1. The van der Waals surface area contributed by atoms with Gasteiger partial charge in [-0.25, -0.2) is 9.67 Å². The summed E-state index contributed by atoms with van der Waals surface area (Å²) in [4.78, 5) is 8.62. The van der Waals surface area contributed by atoms with Crippen LogP contribution in [-0.2, 0) is 0 Å². The fourth-order valence-corrected chi connectivity index (χ4v) is 1.98. The number of anilines is 1. The van der Waals surface area contributed by atoms with Crippen molar-refractivity contribution in [2.45, 2.75) is 19.8 Å². The largest absolute Gasteiger partial charge is 0.383 e. The number of rotatable bonds is 2. The van der Waals surface area contributed by atoms with E-state index in [9.17, 15) is 0 Å². The van der Waals surface area contributed by atoms with Crippen molar-refractivity contribution in [3.8, 4) is 5.95 Å². The second-order valence-electron chi connectivity index (χ2n) is 3.71. The van der Waals surface area contributed by atoms with Crippen LogP contribution in [0, 0.1) is 0 Å². The Bertz CT molecular complexity index is 492. The van der Waals surface area contributed by atoms with Crippen molar-refractivity contribution in [3.63, 3.8) is 0 Å². The molecule has 0 unspecified atom stereocenters. The highest BCUT2D eigenvalue weighted by Gasteiger charge is 2.13. The lowest BCUT2D eigenvalue weighted by Crippen LogP contribution is -2.09. The zero-order valence-corrected chi connectivity index (χ0v) is 10.6. The van der Waals surface area contributed by atoms with Gasteiger partial charge in [0.1, 0.15) is 5.82 Å². The SMILES string of the molecule is CC(C)c1nc(-n2cccn2)nc(N)c1Br. The van der Waals surface area contributed by atoms with Gasteiger partial charge in [0.25, 0.3) is 5.95 Å². The summed E-state index contributed by atoms with van der Waals surface area (Å²) in [5, 5.41) is 4.08. The zero-order valence-electron chi connectivity index (χ0n) is 9.05. The third kappa shape index (κ3) is 1.92. The first-order valence-electron chi connectivity index (χ1n) is 4.92. The van der Waals surface area contributed by atoms with Crippen LogP contribution in [0.4, 0.5) is 5.82 Å². The maximum absolute atomic E-state index is 5.83. The van der Waals surface area contributed by atoms with E-state index in [1.165, 1.54) is 0 Å². The molecule has 2 N–H and O–H groups in total. The van der Waals surface area contributed by atoms with Crippen LogP contribution in [-0.4, -0.2) is 19.7 Å². The van der Waals surface area contributed by atoms with Gasteiger partial charge in [-0.2, -0.15) is 10.1 Å². The summed E-state index contributed by atoms with van der Waals surface area (Å²) >= 11 is 3.40. The highest BCUT2D eigenvalue weighted by Crippen LogP contribution is 2.27. The van der Waals surface area contributed by atoms with E-state index in [-0.39, 0.29) is 5.92 Å². The highest BCUT2D eigenvalue weighted by molar-refractivity contribution is 9.10. The molecule has 0 bridgehead atoms. The molecule has 0 atom stereocenters. The van der Waals surface area contributed by atoms with Crippen molar-refractivity contribution in [2.75, 3.05) is 5.73 Å². The molecule has 2 aromatic rings. The fraction of sp³-hybridized carbons (Fsp3) is 0.300. The third-order valence-corrected chi connectivity index (χ3v) is 2.96. The maximum atomic E-state index is 5.83. The predicted molar refractivity (Wildman–Crippen MR) is 65.4 cm³/mol. The lowest BCUT2D eigenvalue weighted by Gasteiger charge is -2.10. The summed E-state index contributed by atoms with van der Waals surface area (Å²) in [7, 11) is 0. The topological polar surface area (TPSA) is 69.6 Å². The summed E-state index contributed by atoms with van der Waals surface area (Å²) in [6.07, 6.45) is 3.46. The summed E-state index contributed by atoms with van der Waals surface area (Å²) in [5.41, 5.74) is 6.71. The lowest BCUT2D eigenvalue weighted by molar-refractivity contribution is 0.754. The van der Waals surface area contributed by atoms with Crippen LogP contribution < -0.4 is 5.73 Å². The Kier molecular flexibility index (Phi) is 2.91. The van der Waals surface area contributed by atoms with E-state index in [1.807, 2.05) is 6.07 Å². The predicted octanol–water partition coefficient (Wildman–Crippen LogP) is 2.13. The van der Waals surface area contributed by atoms with Gasteiger partial charge < -0.3 is 5.73 Å². The maximum Gasteiger partial charge on any atom is 0.252 e. The van der Waals surface area contributed by atoms with Crippen LogP contribution in [0.5, 0.6) is 0 Å². The van der Waals surface area contributed by atoms with Gasteiger partial charge in [0.2, 0.25) is 0 Å². The van der Waals surface area contributed by atoms with Crippen LogP contribution in [0.25, 0.3) is 5.95 Å². The van der Waals surface area contributed by atoms with Crippen LogP contribution in [0.1, 0.15) is 25.5 Å². The molecular formula is C10H12BrN5. The third-order valence-electron chi connectivity index (χ3n) is 2.15. The smallest absolute Gasteiger partial charge is 0.252 e. The van der Waals surface area contributed by atoms with Crippen molar-refractivity contribution in [3.05, 3.63) is 28.6 Å². The molecule has 0 saturated heterocycles. The molecule has 0 amide bonds. The van der Waals surface area contributed by atoms with Gasteiger partial charge in [-0.15, -0.1) is 0 Å². The van der Waals surface area contributed by atoms with Gasteiger partial charge in [0.15, 0.2) is 0 Å². The van der Waals surface area contributed by atoms with Gasteiger partial charge in [-0.3, -0.25) is 0 Å². The van der Waals surface area contributed by atoms with E-state index in [2.05, 4.69) is 44.8 Å². The molecule has 2 heterocycles. The molecule has 0 spiro atoms. The Hall–Kier alpha value is -1.43. The number of hydrogen-bond acceptors (Lipinski definition) is 4. The Morgan fingerprint density at radius 3 is 2.69 bits per heavy atom. The summed E-state index contributed by atoms with van der Waals surface area (Å²) in [5.74, 6) is 1.20. The van der Waals surface area contributed by atoms with Gasteiger partial charge in [0, 0.05) is 12.4 Å². The normalized spacial score (nSPS) is 11.0. The number of halogens is 1. The van der Waals surface area contributed by atoms with Crippen LogP contribution >= 0.6 is 15.9 Å². The average Bonchev–Trinajstić information content (AvgIpc) is 2.74. The van der Waals surface area contributed by atoms with E-state index in [4.69, 9.17) is 5.73 Å². The van der Waals surface area contributed by atoms with Crippen LogP contribution in [0.3, 0.4) is 0 Å². The Morgan fingerprint density at radius 2 is 2.12 bits per heavy atom. The molecule has 84 valence electrons. The molecule has 0 aliphatic heterocycles. The van der Waals surface area contributed by atoms with E-state index < -0.39 is 0 Å². The first kappa shape index (κ1) is 11.1. The minimum absolute atomic E-state index is 0.272. The van der Waals surface area contributed by atoms with Crippen molar-refractivity contribution in [1.29, 1.82) is 0 Å². The average molecular weight is 282 g/mol. The molecule has 0 aliphatic rings. The summed E-state index contributed by atoms with van der Waals surface area (Å²) in [6, 6.07) is 1.82.